The highest BCUT2D eigenvalue weighted by molar-refractivity contribution is 6.19. The molecular weight excluding hydrogens is 234 g/mol. The lowest BCUT2D eigenvalue weighted by atomic mass is 9.97. The second-order valence-electron chi connectivity index (χ2n) is 4.73. The molecule has 0 aliphatic carbocycles. The SMILES string of the molecule is Cc1cccc2c1N(C(=O)C(C)CCl)CCC2. The molecule has 0 N–H and O–H groups in total. The van der Waals surface area contributed by atoms with Crippen LogP contribution in [-0.2, 0) is 11.2 Å². The van der Waals surface area contributed by atoms with Gasteiger partial charge in [0.15, 0.2) is 0 Å². The number of hydrogen-bond acceptors (Lipinski definition) is 1. The number of aryl methyl sites for hydroxylation is 2. The van der Waals surface area contributed by atoms with E-state index in [2.05, 4.69) is 25.1 Å². The van der Waals surface area contributed by atoms with E-state index in [0.717, 1.165) is 25.1 Å². The summed E-state index contributed by atoms with van der Waals surface area (Å²) in [6, 6.07) is 6.25. The predicted molar refractivity (Wildman–Crippen MR) is 71.7 cm³/mol. The van der Waals surface area contributed by atoms with Gasteiger partial charge in [-0.15, -0.1) is 11.6 Å². The third-order valence-corrected chi connectivity index (χ3v) is 3.80. The first kappa shape index (κ1) is 12.4. The molecule has 1 aromatic carbocycles. The number of hydrogen-bond donors (Lipinski definition) is 0. The normalized spacial score (nSPS) is 16.5. The second kappa shape index (κ2) is 5.09. The summed E-state index contributed by atoms with van der Waals surface area (Å²) in [6.45, 7) is 4.77. The number of amides is 1. The highest BCUT2D eigenvalue weighted by Crippen LogP contribution is 2.31. The lowest BCUT2D eigenvalue weighted by Crippen LogP contribution is -2.39. The van der Waals surface area contributed by atoms with Gasteiger partial charge in [0.2, 0.25) is 5.91 Å². The van der Waals surface area contributed by atoms with E-state index in [1.165, 1.54) is 11.1 Å². The van der Waals surface area contributed by atoms with Crippen molar-refractivity contribution in [1.29, 1.82) is 0 Å². The van der Waals surface area contributed by atoms with Crippen molar-refractivity contribution in [2.75, 3.05) is 17.3 Å². The number of halogens is 1. The summed E-state index contributed by atoms with van der Waals surface area (Å²) in [5.41, 5.74) is 3.57. The number of carbonyl (C=O) groups excluding carboxylic acids is 1. The van der Waals surface area contributed by atoms with Crippen LogP contribution in [0.15, 0.2) is 18.2 Å². The van der Waals surface area contributed by atoms with Crippen LogP contribution in [0.25, 0.3) is 0 Å². The third kappa shape index (κ3) is 2.32. The first-order chi connectivity index (χ1) is 8.15. The van der Waals surface area contributed by atoms with Crippen LogP contribution in [0, 0.1) is 12.8 Å². The molecule has 1 atom stereocenters. The van der Waals surface area contributed by atoms with E-state index < -0.39 is 0 Å². The largest absolute Gasteiger partial charge is 0.312 e. The van der Waals surface area contributed by atoms with Gasteiger partial charge in [-0.3, -0.25) is 4.79 Å². The van der Waals surface area contributed by atoms with Crippen LogP contribution in [0.5, 0.6) is 0 Å². The fourth-order valence-corrected chi connectivity index (χ4v) is 2.53. The fraction of sp³-hybridized carbons (Fsp3) is 0.500. The van der Waals surface area contributed by atoms with Crippen molar-refractivity contribution < 1.29 is 4.79 Å². The molecule has 1 aromatic rings. The highest BCUT2D eigenvalue weighted by atomic mass is 35.5. The van der Waals surface area contributed by atoms with Crippen LogP contribution in [0.1, 0.15) is 24.5 Å². The number of anilines is 1. The van der Waals surface area contributed by atoms with Gasteiger partial charge in [0.25, 0.3) is 0 Å². The maximum absolute atomic E-state index is 12.3. The molecule has 92 valence electrons. The van der Waals surface area contributed by atoms with E-state index in [1.807, 2.05) is 11.8 Å². The minimum atomic E-state index is -0.109. The molecule has 1 amide bonds. The number of rotatable bonds is 2. The average molecular weight is 252 g/mol. The van der Waals surface area contributed by atoms with Crippen molar-refractivity contribution in [1.82, 2.24) is 0 Å². The van der Waals surface area contributed by atoms with E-state index in [-0.39, 0.29) is 11.8 Å². The molecule has 0 aromatic heterocycles. The monoisotopic (exact) mass is 251 g/mol. The van der Waals surface area contributed by atoms with E-state index in [9.17, 15) is 4.79 Å². The number of para-hydroxylation sites is 1. The van der Waals surface area contributed by atoms with Gasteiger partial charge in [0.1, 0.15) is 0 Å². The van der Waals surface area contributed by atoms with Gasteiger partial charge in [-0.05, 0) is 30.9 Å². The van der Waals surface area contributed by atoms with Gasteiger partial charge in [-0.1, -0.05) is 25.1 Å². The molecule has 1 aliphatic heterocycles. The zero-order chi connectivity index (χ0) is 12.4. The number of benzene rings is 1. The van der Waals surface area contributed by atoms with E-state index in [1.54, 1.807) is 0 Å². The van der Waals surface area contributed by atoms with Gasteiger partial charge >= 0.3 is 0 Å². The molecule has 2 rings (SSSR count). The van der Waals surface area contributed by atoms with Crippen LogP contribution in [0.3, 0.4) is 0 Å². The van der Waals surface area contributed by atoms with E-state index in [4.69, 9.17) is 11.6 Å². The zero-order valence-corrected chi connectivity index (χ0v) is 11.1. The van der Waals surface area contributed by atoms with Crippen molar-refractivity contribution in [3.8, 4) is 0 Å². The highest BCUT2D eigenvalue weighted by Gasteiger charge is 2.26. The lowest BCUT2D eigenvalue weighted by molar-refractivity contribution is -0.121. The summed E-state index contributed by atoms with van der Waals surface area (Å²) in [6.07, 6.45) is 2.10. The molecule has 1 heterocycles. The molecule has 0 fully saturated rings. The molecule has 0 saturated heterocycles. The van der Waals surface area contributed by atoms with Crippen LogP contribution >= 0.6 is 11.6 Å². The van der Waals surface area contributed by atoms with Crippen molar-refractivity contribution in [3.05, 3.63) is 29.3 Å². The van der Waals surface area contributed by atoms with E-state index in [0.29, 0.717) is 5.88 Å². The molecule has 0 bridgehead atoms. The van der Waals surface area contributed by atoms with Crippen LogP contribution in [-0.4, -0.2) is 18.3 Å². The van der Waals surface area contributed by atoms with Gasteiger partial charge in [0.05, 0.1) is 0 Å². The molecular formula is C14H18ClNO. The van der Waals surface area contributed by atoms with Gasteiger partial charge < -0.3 is 4.90 Å². The Morgan fingerprint density at radius 2 is 2.29 bits per heavy atom. The lowest BCUT2D eigenvalue weighted by Gasteiger charge is -2.32. The second-order valence-corrected chi connectivity index (χ2v) is 5.04. The van der Waals surface area contributed by atoms with Crippen molar-refractivity contribution in [2.45, 2.75) is 26.7 Å². The molecule has 3 heteroatoms. The van der Waals surface area contributed by atoms with E-state index >= 15 is 0 Å². The molecule has 0 radical (unpaired) electrons. The quantitative estimate of drug-likeness (QED) is 0.740. The summed E-state index contributed by atoms with van der Waals surface area (Å²) in [5.74, 6) is 0.425. The van der Waals surface area contributed by atoms with Crippen LogP contribution < -0.4 is 4.90 Å². The minimum Gasteiger partial charge on any atom is -0.312 e. The Morgan fingerprint density at radius 1 is 1.53 bits per heavy atom. The van der Waals surface area contributed by atoms with Gasteiger partial charge in [0, 0.05) is 24.0 Å². The molecule has 0 spiro atoms. The van der Waals surface area contributed by atoms with Crippen LogP contribution in [0.4, 0.5) is 5.69 Å². The maximum Gasteiger partial charge on any atom is 0.231 e. The number of fused-ring (bicyclic) bond motifs is 1. The maximum atomic E-state index is 12.3. The first-order valence-electron chi connectivity index (χ1n) is 6.11. The van der Waals surface area contributed by atoms with Gasteiger partial charge in [-0.2, -0.15) is 0 Å². The summed E-state index contributed by atoms with van der Waals surface area (Å²) in [5, 5.41) is 0. The van der Waals surface area contributed by atoms with Crippen LogP contribution in [0.2, 0.25) is 0 Å². The van der Waals surface area contributed by atoms with Gasteiger partial charge in [-0.25, -0.2) is 0 Å². The number of carbonyl (C=O) groups is 1. The molecule has 1 unspecified atom stereocenters. The molecule has 17 heavy (non-hydrogen) atoms. The Labute approximate surface area is 108 Å². The molecule has 0 saturated carbocycles. The summed E-state index contributed by atoms with van der Waals surface area (Å²) >= 11 is 5.79. The van der Waals surface area contributed by atoms with Crippen molar-refractivity contribution in [2.24, 2.45) is 5.92 Å². The standard InChI is InChI=1S/C14H18ClNO/c1-10-5-3-6-12-7-4-8-16(13(10)12)14(17)11(2)9-15/h3,5-6,11H,4,7-9H2,1-2H3. The number of alkyl halides is 1. The minimum absolute atomic E-state index is 0.109. The predicted octanol–water partition coefficient (Wildman–Crippen LogP) is 3.15. The third-order valence-electron chi connectivity index (χ3n) is 3.34. The molecule has 2 nitrogen and oxygen atoms in total. The fourth-order valence-electron chi connectivity index (χ4n) is 2.40. The summed E-state index contributed by atoms with van der Waals surface area (Å²) in [7, 11) is 0. The Hall–Kier alpha value is -1.02. The Morgan fingerprint density at radius 3 is 3.00 bits per heavy atom. The Balaban J connectivity index is 2.37. The topological polar surface area (TPSA) is 20.3 Å². The average Bonchev–Trinajstić information content (AvgIpc) is 2.36. The summed E-state index contributed by atoms with van der Waals surface area (Å²) in [4.78, 5) is 14.2. The Bertz CT molecular complexity index is 430. The summed E-state index contributed by atoms with van der Waals surface area (Å²) < 4.78 is 0. The van der Waals surface area contributed by atoms with Crippen molar-refractivity contribution >= 4 is 23.2 Å². The number of nitrogens with zero attached hydrogens (tertiary/aromatic N) is 1. The zero-order valence-electron chi connectivity index (χ0n) is 10.4. The first-order valence-corrected chi connectivity index (χ1v) is 6.64. The van der Waals surface area contributed by atoms with Crippen molar-refractivity contribution in [3.63, 3.8) is 0 Å². The Kier molecular flexibility index (Phi) is 3.72. The molecule has 1 aliphatic rings. The smallest absolute Gasteiger partial charge is 0.231 e.